The summed E-state index contributed by atoms with van der Waals surface area (Å²) in [6.07, 6.45) is 7.24. The van der Waals surface area contributed by atoms with Crippen LogP contribution in [0, 0.1) is 0 Å². The molecule has 4 aromatic heterocycles. The second-order valence-electron chi connectivity index (χ2n) is 7.54. The molecule has 0 bridgehead atoms. The van der Waals surface area contributed by atoms with Crippen molar-refractivity contribution in [2.24, 2.45) is 0 Å². The molecule has 0 spiro atoms. The lowest BCUT2D eigenvalue weighted by atomic mass is 10.0. The molecule has 0 unspecified atom stereocenters. The molecule has 0 saturated carbocycles. The van der Waals surface area contributed by atoms with Crippen LogP contribution in [-0.4, -0.2) is 57.3 Å². The van der Waals surface area contributed by atoms with E-state index >= 15 is 0 Å². The number of pyridine rings is 2. The van der Waals surface area contributed by atoms with Gasteiger partial charge >= 0.3 is 0 Å². The minimum atomic E-state index is 0.623. The third kappa shape index (κ3) is 3.51. The SMILES string of the molecule is CN(C)CCOc1cncc(-c2ccc3[nH]nc(-c4cc5cnccc5[nH]4)c3c2)c1. The maximum atomic E-state index is 5.84. The Morgan fingerprint density at radius 1 is 0.933 bits per heavy atom. The number of likely N-dealkylation sites (N-methyl/N-ethyl adjacent to an activating group) is 1. The number of fused-ring (bicyclic) bond motifs is 2. The molecule has 5 aromatic rings. The molecule has 0 amide bonds. The zero-order chi connectivity index (χ0) is 20.5. The van der Waals surface area contributed by atoms with Crippen LogP contribution in [0.4, 0.5) is 0 Å². The lowest BCUT2D eigenvalue weighted by molar-refractivity contribution is 0.261. The Balaban J connectivity index is 1.50. The molecule has 0 fully saturated rings. The standard InChI is InChI=1S/C23H22N6O/c1-29(2)7-8-30-18-9-16(12-25-14-18)15-3-4-21-19(10-15)23(28-27-21)22-11-17-13-24-6-5-20(17)26-22/h3-6,9-14,26H,7-8H2,1-2H3,(H,27,28). The van der Waals surface area contributed by atoms with Crippen LogP contribution in [-0.2, 0) is 0 Å². The highest BCUT2D eigenvalue weighted by Crippen LogP contribution is 2.32. The third-order valence-corrected chi connectivity index (χ3v) is 5.09. The second kappa shape index (κ2) is 7.61. The van der Waals surface area contributed by atoms with Gasteiger partial charge in [0.1, 0.15) is 18.1 Å². The molecule has 4 heterocycles. The Hall–Kier alpha value is -3.71. The molecule has 1 aromatic carbocycles. The van der Waals surface area contributed by atoms with Crippen molar-refractivity contribution in [1.29, 1.82) is 0 Å². The summed E-state index contributed by atoms with van der Waals surface area (Å²) in [4.78, 5) is 14.1. The van der Waals surface area contributed by atoms with Crippen LogP contribution in [0.5, 0.6) is 5.75 Å². The van der Waals surface area contributed by atoms with Gasteiger partial charge in [-0.3, -0.25) is 15.1 Å². The first-order chi connectivity index (χ1) is 14.7. The zero-order valence-corrected chi connectivity index (χ0v) is 16.9. The fourth-order valence-electron chi connectivity index (χ4n) is 3.50. The van der Waals surface area contributed by atoms with Gasteiger partial charge in [-0.05, 0) is 50.0 Å². The average Bonchev–Trinajstić information content (AvgIpc) is 3.37. The number of benzene rings is 1. The Morgan fingerprint density at radius 3 is 2.73 bits per heavy atom. The lowest BCUT2D eigenvalue weighted by Gasteiger charge is -2.11. The molecule has 0 aliphatic carbocycles. The molecule has 0 atom stereocenters. The van der Waals surface area contributed by atoms with Crippen molar-refractivity contribution < 1.29 is 4.74 Å². The monoisotopic (exact) mass is 398 g/mol. The quantitative estimate of drug-likeness (QED) is 0.450. The van der Waals surface area contributed by atoms with Crippen LogP contribution in [0.15, 0.2) is 61.2 Å². The lowest BCUT2D eigenvalue weighted by Crippen LogP contribution is -2.19. The van der Waals surface area contributed by atoms with Crippen LogP contribution in [0.2, 0.25) is 0 Å². The first-order valence-corrected chi connectivity index (χ1v) is 9.81. The van der Waals surface area contributed by atoms with Crippen molar-refractivity contribution in [3.63, 3.8) is 0 Å². The normalized spacial score (nSPS) is 11.6. The largest absolute Gasteiger partial charge is 0.491 e. The number of aromatic amines is 2. The summed E-state index contributed by atoms with van der Waals surface area (Å²) in [5.41, 5.74) is 5.94. The minimum absolute atomic E-state index is 0.623. The van der Waals surface area contributed by atoms with Crippen molar-refractivity contribution in [2.45, 2.75) is 0 Å². The van der Waals surface area contributed by atoms with E-state index in [1.807, 2.05) is 44.7 Å². The summed E-state index contributed by atoms with van der Waals surface area (Å²) in [5, 5.41) is 9.79. The zero-order valence-electron chi connectivity index (χ0n) is 16.9. The minimum Gasteiger partial charge on any atom is -0.491 e. The summed E-state index contributed by atoms with van der Waals surface area (Å²) in [6.45, 7) is 1.48. The predicted molar refractivity (Wildman–Crippen MR) is 118 cm³/mol. The van der Waals surface area contributed by atoms with Gasteiger partial charge in [-0.25, -0.2) is 0 Å². The molecule has 7 heteroatoms. The van der Waals surface area contributed by atoms with E-state index in [9.17, 15) is 0 Å². The fourth-order valence-corrected chi connectivity index (χ4v) is 3.50. The van der Waals surface area contributed by atoms with Gasteiger partial charge in [0, 0.05) is 47.0 Å². The first kappa shape index (κ1) is 18.3. The Labute approximate surface area is 173 Å². The number of aromatic nitrogens is 5. The van der Waals surface area contributed by atoms with Crippen LogP contribution in [0.25, 0.3) is 44.3 Å². The van der Waals surface area contributed by atoms with Crippen molar-refractivity contribution in [3.8, 4) is 28.3 Å². The molecule has 0 radical (unpaired) electrons. The van der Waals surface area contributed by atoms with E-state index in [0.29, 0.717) is 6.61 Å². The van der Waals surface area contributed by atoms with Gasteiger partial charge in [0.2, 0.25) is 0 Å². The van der Waals surface area contributed by atoms with E-state index in [-0.39, 0.29) is 0 Å². The molecular formula is C23H22N6O. The highest BCUT2D eigenvalue weighted by molar-refractivity contribution is 5.97. The van der Waals surface area contributed by atoms with E-state index in [1.165, 1.54) is 0 Å². The van der Waals surface area contributed by atoms with Crippen molar-refractivity contribution >= 4 is 21.8 Å². The number of hydrogen-bond acceptors (Lipinski definition) is 5. The number of nitrogens with one attached hydrogen (secondary N) is 2. The van der Waals surface area contributed by atoms with Crippen molar-refractivity contribution in [1.82, 2.24) is 30.0 Å². The number of ether oxygens (including phenoxy) is 1. The summed E-state index contributed by atoms with van der Waals surface area (Å²) >= 11 is 0. The summed E-state index contributed by atoms with van der Waals surface area (Å²) in [5.74, 6) is 0.769. The molecule has 150 valence electrons. The number of rotatable bonds is 6. The summed E-state index contributed by atoms with van der Waals surface area (Å²) < 4.78 is 5.84. The van der Waals surface area contributed by atoms with Crippen LogP contribution in [0.3, 0.4) is 0 Å². The van der Waals surface area contributed by atoms with Crippen LogP contribution < -0.4 is 4.74 Å². The first-order valence-electron chi connectivity index (χ1n) is 9.81. The third-order valence-electron chi connectivity index (χ3n) is 5.09. The van der Waals surface area contributed by atoms with Gasteiger partial charge < -0.3 is 14.6 Å². The van der Waals surface area contributed by atoms with E-state index in [0.717, 1.165) is 56.6 Å². The van der Waals surface area contributed by atoms with Crippen molar-refractivity contribution in [3.05, 3.63) is 61.2 Å². The van der Waals surface area contributed by atoms with Gasteiger partial charge in [0.25, 0.3) is 0 Å². The molecule has 7 nitrogen and oxygen atoms in total. The molecule has 2 N–H and O–H groups in total. The number of hydrogen-bond donors (Lipinski definition) is 2. The average molecular weight is 398 g/mol. The van der Waals surface area contributed by atoms with Gasteiger partial charge in [-0.2, -0.15) is 5.10 Å². The van der Waals surface area contributed by atoms with Gasteiger partial charge in [0.05, 0.1) is 17.4 Å². The Kier molecular flexibility index (Phi) is 4.65. The molecule has 0 saturated heterocycles. The molecule has 0 aliphatic heterocycles. The van der Waals surface area contributed by atoms with Gasteiger partial charge in [0.15, 0.2) is 0 Å². The number of nitrogens with zero attached hydrogens (tertiary/aromatic N) is 4. The molecule has 5 rings (SSSR count). The fraction of sp³-hybridized carbons (Fsp3) is 0.174. The smallest absolute Gasteiger partial charge is 0.138 e. The van der Waals surface area contributed by atoms with Gasteiger partial charge in [-0.1, -0.05) is 6.07 Å². The van der Waals surface area contributed by atoms with Crippen LogP contribution in [0.1, 0.15) is 0 Å². The molecule has 0 aliphatic rings. The summed E-state index contributed by atoms with van der Waals surface area (Å²) in [6, 6.07) is 12.3. The maximum Gasteiger partial charge on any atom is 0.138 e. The highest BCUT2D eigenvalue weighted by Gasteiger charge is 2.12. The van der Waals surface area contributed by atoms with Gasteiger partial charge in [-0.15, -0.1) is 0 Å². The van der Waals surface area contributed by atoms with Crippen LogP contribution >= 0.6 is 0 Å². The van der Waals surface area contributed by atoms with E-state index in [4.69, 9.17) is 4.74 Å². The number of H-pyrrole nitrogens is 2. The van der Waals surface area contributed by atoms with E-state index in [1.54, 1.807) is 12.4 Å². The highest BCUT2D eigenvalue weighted by atomic mass is 16.5. The predicted octanol–water partition coefficient (Wildman–Crippen LogP) is 4.11. The van der Waals surface area contributed by atoms with E-state index in [2.05, 4.69) is 48.2 Å². The topological polar surface area (TPSA) is 82.7 Å². The van der Waals surface area contributed by atoms with E-state index < -0.39 is 0 Å². The second-order valence-corrected chi connectivity index (χ2v) is 7.54. The summed E-state index contributed by atoms with van der Waals surface area (Å²) in [7, 11) is 4.05. The molecular weight excluding hydrogens is 376 g/mol. The maximum absolute atomic E-state index is 5.84. The Morgan fingerprint density at radius 2 is 1.87 bits per heavy atom. The Bertz CT molecular complexity index is 1290. The van der Waals surface area contributed by atoms with Crippen molar-refractivity contribution in [2.75, 3.05) is 27.2 Å². The molecule has 30 heavy (non-hydrogen) atoms.